The lowest BCUT2D eigenvalue weighted by Gasteiger charge is -2.04. The molecule has 1 amide bonds. The van der Waals surface area contributed by atoms with Gasteiger partial charge in [-0.3, -0.25) is 4.79 Å². The maximum Gasteiger partial charge on any atom is 0.287 e. The van der Waals surface area contributed by atoms with Crippen LogP contribution in [0.25, 0.3) is 0 Å². The lowest BCUT2D eigenvalue weighted by Crippen LogP contribution is -2.26. The van der Waals surface area contributed by atoms with Gasteiger partial charge in [0.2, 0.25) is 0 Å². The van der Waals surface area contributed by atoms with Crippen LogP contribution in [0.3, 0.4) is 0 Å². The van der Waals surface area contributed by atoms with Crippen molar-refractivity contribution in [2.45, 2.75) is 11.5 Å². The van der Waals surface area contributed by atoms with Gasteiger partial charge in [-0.25, -0.2) is 12.8 Å². The molecule has 1 aromatic heterocycles. The van der Waals surface area contributed by atoms with E-state index in [4.69, 9.17) is 9.15 Å². The number of carbonyl (C=O) groups is 1. The number of nitrogens with one attached hydrogen (secondary N) is 1. The summed E-state index contributed by atoms with van der Waals surface area (Å²) in [5.74, 6) is -1.73. The van der Waals surface area contributed by atoms with E-state index in [9.17, 15) is 17.6 Å². The first-order chi connectivity index (χ1) is 11.4. The number of sulfone groups is 1. The molecule has 0 atom stereocenters. The third-order valence-electron chi connectivity index (χ3n) is 3.17. The molecule has 0 saturated heterocycles. The maximum absolute atomic E-state index is 13.6. The molecular formula is C16H18FNO5S. The molecule has 0 radical (unpaired) electrons. The molecule has 0 unspecified atom stereocenters. The minimum Gasteiger partial charge on any atom is -0.455 e. The van der Waals surface area contributed by atoms with Crippen LogP contribution in [0.2, 0.25) is 0 Å². The van der Waals surface area contributed by atoms with Crippen molar-refractivity contribution in [1.29, 1.82) is 0 Å². The van der Waals surface area contributed by atoms with Gasteiger partial charge in [0.15, 0.2) is 15.6 Å². The van der Waals surface area contributed by atoms with Crippen molar-refractivity contribution in [3.05, 3.63) is 59.3 Å². The molecule has 1 aromatic carbocycles. The van der Waals surface area contributed by atoms with E-state index >= 15 is 0 Å². The Hall–Kier alpha value is -2.19. The zero-order valence-electron chi connectivity index (χ0n) is 13.1. The quantitative estimate of drug-likeness (QED) is 0.731. The first-order valence-electron chi connectivity index (χ1n) is 7.21. The number of halogens is 1. The highest BCUT2D eigenvalue weighted by Gasteiger charge is 2.19. The van der Waals surface area contributed by atoms with Crippen LogP contribution in [-0.2, 0) is 26.1 Å². The molecule has 0 bridgehead atoms. The average Bonchev–Trinajstić information content (AvgIpc) is 2.97. The van der Waals surface area contributed by atoms with Gasteiger partial charge in [0.05, 0.1) is 12.4 Å². The van der Waals surface area contributed by atoms with E-state index in [1.807, 2.05) is 0 Å². The summed E-state index contributed by atoms with van der Waals surface area (Å²) in [7, 11) is -2.12. The highest BCUT2D eigenvalue weighted by molar-refractivity contribution is 7.89. The predicted octanol–water partition coefficient (Wildman–Crippen LogP) is 1.91. The maximum atomic E-state index is 13.6. The molecular weight excluding hydrogens is 337 g/mol. The third kappa shape index (κ3) is 5.17. The highest BCUT2D eigenvalue weighted by atomic mass is 32.2. The SMILES string of the molecule is COCCNC(=O)c1ccc(CS(=O)(=O)Cc2ccccc2F)o1. The van der Waals surface area contributed by atoms with E-state index in [1.165, 1.54) is 37.4 Å². The molecule has 0 aliphatic carbocycles. The van der Waals surface area contributed by atoms with E-state index < -0.39 is 33.1 Å². The molecule has 1 heterocycles. The lowest BCUT2D eigenvalue weighted by atomic mass is 10.2. The number of benzene rings is 1. The van der Waals surface area contributed by atoms with Crippen LogP contribution < -0.4 is 5.32 Å². The zero-order chi connectivity index (χ0) is 17.6. The summed E-state index contributed by atoms with van der Waals surface area (Å²) in [6.45, 7) is 0.674. The summed E-state index contributed by atoms with van der Waals surface area (Å²) < 4.78 is 48.0. The third-order valence-corrected chi connectivity index (χ3v) is 4.65. The van der Waals surface area contributed by atoms with Crippen LogP contribution in [0.5, 0.6) is 0 Å². The minimum atomic E-state index is -3.63. The van der Waals surface area contributed by atoms with E-state index in [-0.39, 0.29) is 17.1 Å². The topological polar surface area (TPSA) is 85.6 Å². The molecule has 2 rings (SSSR count). The Morgan fingerprint density at radius 1 is 1.21 bits per heavy atom. The smallest absolute Gasteiger partial charge is 0.287 e. The summed E-state index contributed by atoms with van der Waals surface area (Å²) in [6.07, 6.45) is 0. The summed E-state index contributed by atoms with van der Waals surface area (Å²) in [4.78, 5) is 11.8. The van der Waals surface area contributed by atoms with Crippen LogP contribution in [-0.4, -0.2) is 34.6 Å². The standard InChI is InChI=1S/C16H18FNO5S/c1-22-9-8-18-16(19)15-7-6-13(23-15)11-24(20,21)10-12-4-2-3-5-14(12)17/h2-7H,8-11H2,1H3,(H,18,19). The normalized spacial score (nSPS) is 11.4. The molecule has 6 nitrogen and oxygen atoms in total. The van der Waals surface area contributed by atoms with Gasteiger partial charge in [0.1, 0.15) is 17.3 Å². The Bertz CT molecular complexity index is 800. The Labute approximate surface area is 139 Å². The lowest BCUT2D eigenvalue weighted by molar-refractivity contribution is 0.0908. The van der Waals surface area contributed by atoms with E-state index in [0.29, 0.717) is 13.2 Å². The number of ether oxygens (including phenoxy) is 1. The minimum absolute atomic E-state index is 0.0159. The van der Waals surface area contributed by atoms with Crippen molar-refractivity contribution in [3.63, 3.8) is 0 Å². The second kappa shape index (κ2) is 8.07. The van der Waals surface area contributed by atoms with Crippen molar-refractivity contribution < 1.29 is 26.8 Å². The summed E-state index contributed by atoms with van der Waals surface area (Å²) >= 11 is 0. The number of carbonyl (C=O) groups excluding carboxylic acids is 1. The fraction of sp³-hybridized carbons (Fsp3) is 0.312. The predicted molar refractivity (Wildman–Crippen MR) is 85.6 cm³/mol. The Morgan fingerprint density at radius 2 is 1.96 bits per heavy atom. The summed E-state index contributed by atoms with van der Waals surface area (Å²) in [5.41, 5.74) is 0.0987. The van der Waals surface area contributed by atoms with Gasteiger partial charge >= 0.3 is 0 Å². The Kier molecular flexibility index (Phi) is 6.10. The Morgan fingerprint density at radius 3 is 2.67 bits per heavy atom. The summed E-state index contributed by atoms with van der Waals surface area (Å²) in [5, 5.41) is 2.57. The van der Waals surface area contributed by atoms with Gasteiger partial charge in [0, 0.05) is 19.2 Å². The average molecular weight is 355 g/mol. The fourth-order valence-corrected chi connectivity index (χ4v) is 3.45. The molecule has 2 aromatic rings. The molecule has 0 fully saturated rings. The van der Waals surface area contributed by atoms with Gasteiger partial charge in [-0.05, 0) is 18.2 Å². The number of hydrogen-bond acceptors (Lipinski definition) is 5. The fourth-order valence-electron chi connectivity index (χ4n) is 2.05. The molecule has 130 valence electrons. The number of amides is 1. The number of methoxy groups -OCH3 is 1. The molecule has 24 heavy (non-hydrogen) atoms. The van der Waals surface area contributed by atoms with E-state index in [2.05, 4.69) is 5.32 Å². The highest BCUT2D eigenvalue weighted by Crippen LogP contribution is 2.17. The summed E-state index contributed by atoms with van der Waals surface area (Å²) in [6, 6.07) is 8.51. The number of furan rings is 1. The van der Waals surface area contributed by atoms with Crippen molar-refractivity contribution in [2.75, 3.05) is 20.3 Å². The number of rotatable bonds is 8. The monoisotopic (exact) mass is 355 g/mol. The van der Waals surface area contributed by atoms with Crippen LogP contribution in [0.1, 0.15) is 21.9 Å². The van der Waals surface area contributed by atoms with Crippen LogP contribution in [0, 0.1) is 5.82 Å². The van der Waals surface area contributed by atoms with Crippen LogP contribution in [0.4, 0.5) is 4.39 Å². The van der Waals surface area contributed by atoms with Gasteiger partial charge in [-0.1, -0.05) is 18.2 Å². The molecule has 0 spiro atoms. The van der Waals surface area contributed by atoms with Crippen molar-refractivity contribution in [2.24, 2.45) is 0 Å². The first kappa shape index (κ1) is 18.2. The van der Waals surface area contributed by atoms with Gasteiger partial charge < -0.3 is 14.5 Å². The van der Waals surface area contributed by atoms with Crippen LogP contribution in [0.15, 0.2) is 40.8 Å². The molecule has 0 saturated carbocycles. The first-order valence-corrected chi connectivity index (χ1v) is 9.03. The molecule has 8 heteroatoms. The number of hydrogen-bond donors (Lipinski definition) is 1. The van der Waals surface area contributed by atoms with E-state index in [0.717, 1.165) is 0 Å². The molecule has 0 aliphatic rings. The van der Waals surface area contributed by atoms with Crippen molar-refractivity contribution in [1.82, 2.24) is 5.32 Å². The largest absolute Gasteiger partial charge is 0.455 e. The second-order valence-electron chi connectivity index (χ2n) is 5.14. The molecule has 0 aliphatic heterocycles. The van der Waals surface area contributed by atoms with Crippen molar-refractivity contribution in [3.8, 4) is 0 Å². The molecule has 1 N–H and O–H groups in total. The Balaban J connectivity index is 2.00. The van der Waals surface area contributed by atoms with Gasteiger partial charge in [0.25, 0.3) is 5.91 Å². The zero-order valence-corrected chi connectivity index (χ0v) is 13.9. The van der Waals surface area contributed by atoms with Gasteiger partial charge in [-0.2, -0.15) is 0 Å². The van der Waals surface area contributed by atoms with E-state index in [1.54, 1.807) is 6.07 Å². The van der Waals surface area contributed by atoms with Crippen molar-refractivity contribution >= 4 is 15.7 Å². The second-order valence-corrected chi connectivity index (χ2v) is 7.20. The van der Waals surface area contributed by atoms with Gasteiger partial charge in [-0.15, -0.1) is 0 Å². The van der Waals surface area contributed by atoms with Crippen LogP contribution >= 0.6 is 0 Å².